The highest BCUT2D eigenvalue weighted by molar-refractivity contribution is 5.95. The maximum Gasteiger partial charge on any atom is 0.416 e. The summed E-state index contributed by atoms with van der Waals surface area (Å²) in [6.45, 7) is -0.188. The maximum absolute atomic E-state index is 12.7. The molecule has 2 rings (SSSR count). The van der Waals surface area contributed by atoms with E-state index in [9.17, 15) is 23.1 Å². The lowest BCUT2D eigenvalue weighted by Crippen LogP contribution is -2.28. The topological polar surface area (TPSA) is 52.6 Å². The lowest BCUT2D eigenvalue weighted by atomic mass is 10.1. The van der Waals surface area contributed by atoms with Crippen LogP contribution in [0.15, 0.2) is 48.5 Å². The summed E-state index contributed by atoms with van der Waals surface area (Å²) in [4.78, 5) is 14.0. The number of nitrogens with one attached hydrogen (secondary N) is 1. The van der Waals surface area contributed by atoms with Crippen molar-refractivity contribution in [2.45, 2.75) is 12.3 Å². The Morgan fingerprint density at radius 1 is 1.16 bits per heavy atom. The third kappa shape index (κ3) is 4.96. The van der Waals surface area contributed by atoms with E-state index < -0.39 is 23.8 Å². The highest BCUT2D eigenvalue weighted by Crippen LogP contribution is 2.30. The van der Waals surface area contributed by atoms with Gasteiger partial charge in [-0.15, -0.1) is 0 Å². The summed E-state index contributed by atoms with van der Waals surface area (Å²) in [6, 6.07) is 11.3. The molecule has 0 saturated heterocycles. The lowest BCUT2D eigenvalue weighted by Gasteiger charge is -2.16. The summed E-state index contributed by atoms with van der Waals surface area (Å²) in [5, 5.41) is 12.6. The SMILES string of the molecule is CN(C)c1cccc(C(=O)NCC(O)c2cccc(C(F)(F)F)c2)c1. The van der Waals surface area contributed by atoms with Crippen LogP contribution in [0.1, 0.15) is 27.6 Å². The number of hydrogen-bond acceptors (Lipinski definition) is 3. The predicted molar refractivity (Wildman–Crippen MR) is 89.5 cm³/mol. The summed E-state index contributed by atoms with van der Waals surface area (Å²) < 4.78 is 38.1. The van der Waals surface area contributed by atoms with Crippen LogP contribution in [0.2, 0.25) is 0 Å². The van der Waals surface area contributed by atoms with Crippen molar-refractivity contribution < 1.29 is 23.1 Å². The Bertz CT molecular complexity index is 745. The normalized spacial score (nSPS) is 12.6. The van der Waals surface area contributed by atoms with Gasteiger partial charge in [0.25, 0.3) is 5.91 Å². The van der Waals surface area contributed by atoms with E-state index in [2.05, 4.69) is 5.32 Å². The van der Waals surface area contributed by atoms with E-state index >= 15 is 0 Å². The Balaban J connectivity index is 2.03. The van der Waals surface area contributed by atoms with E-state index in [4.69, 9.17) is 0 Å². The smallest absolute Gasteiger partial charge is 0.387 e. The number of benzene rings is 2. The van der Waals surface area contributed by atoms with Crippen LogP contribution >= 0.6 is 0 Å². The number of aliphatic hydroxyl groups is 1. The van der Waals surface area contributed by atoms with Crippen LogP contribution in [0.4, 0.5) is 18.9 Å². The number of alkyl halides is 3. The Labute approximate surface area is 143 Å². The second-order valence-electron chi connectivity index (χ2n) is 5.79. The van der Waals surface area contributed by atoms with Gasteiger partial charge in [0.15, 0.2) is 0 Å². The van der Waals surface area contributed by atoms with Crippen LogP contribution in [0.25, 0.3) is 0 Å². The fourth-order valence-corrected chi connectivity index (χ4v) is 2.26. The number of hydrogen-bond donors (Lipinski definition) is 2. The zero-order chi connectivity index (χ0) is 18.6. The minimum atomic E-state index is -4.48. The molecule has 2 N–H and O–H groups in total. The molecule has 0 heterocycles. The highest BCUT2D eigenvalue weighted by atomic mass is 19.4. The van der Waals surface area contributed by atoms with Crippen molar-refractivity contribution in [2.75, 3.05) is 25.5 Å². The number of nitrogens with zero attached hydrogens (tertiary/aromatic N) is 1. The quantitative estimate of drug-likeness (QED) is 0.869. The van der Waals surface area contributed by atoms with Gasteiger partial charge in [-0.2, -0.15) is 13.2 Å². The number of rotatable bonds is 5. The van der Waals surface area contributed by atoms with Gasteiger partial charge in [0.05, 0.1) is 11.7 Å². The van der Waals surface area contributed by atoms with Crippen molar-refractivity contribution in [1.29, 1.82) is 0 Å². The Kier molecular flexibility index (Phi) is 5.69. The molecule has 0 radical (unpaired) electrons. The van der Waals surface area contributed by atoms with E-state index in [-0.39, 0.29) is 12.1 Å². The minimum Gasteiger partial charge on any atom is -0.387 e. The number of amides is 1. The maximum atomic E-state index is 12.7. The van der Waals surface area contributed by atoms with Crippen LogP contribution in [0.5, 0.6) is 0 Å². The van der Waals surface area contributed by atoms with Gasteiger partial charge in [0, 0.05) is 31.9 Å². The second-order valence-corrected chi connectivity index (χ2v) is 5.79. The molecule has 1 atom stereocenters. The summed E-state index contributed by atoms with van der Waals surface area (Å²) >= 11 is 0. The molecule has 4 nitrogen and oxygen atoms in total. The van der Waals surface area contributed by atoms with Crippen molar-refractivity contribution in [2.24, 2.45) is 0 Å². The van der Waals surface area contributed by atoms with Gasteiger partial charge in [-0.3, -0.25) is 4.79 Å². The Hall–Kier alpha value is -2.54. The molecule has 0 fully saturated rings. The monoisotopic (exact) mass is 352 g/mol. The number of anilines is 1. The van der Waals surface area contributed by atoms with Gasteiger partial charge in [-0.25, -0.2) is 0 Å². The molecule has 2 aromatic carbocycles. The first kappa shape index (κ1) is 18.8. The van der Waals surface area contributed by atoms with Crippen molar-refractivity contribution in [3.63, 3.8) is 0 Å². The van der Waals surface area contributed by atoms with Gasteiger partial charge >= 0.3 is 6.18 Å². The van der Waals surface area contributed by atoms with E-state index in [1.807, 2.05) is 25.1 Å². The molecule has 0 aliphatic carbocycles. The van der Waals surface area contributed by atoms with Gasteiger partial charge < -0.3 is 15.3 Å². The number of halogens is 3. The van der Waals surface area contributed by atoms with Crippen molar-refractivity contribution in [1.82, 2.24) is 5.32 Å². The van der Waals surface area contributed by atoms with Crippen molar-refractivity contribution in [3.05, 3.63) is 65.2 Å². The molecule has 0 spiro atoms. The molecule has 2 aromatic rings. The van der Waals surface area contributed by atoms with Crippen LogP contribution in [0.3, 0.4) is 0 Å². The van der Waals surface area contributed by atoms with Crippen molar-refractivity contribution >= 4 is 11.6 Å². The molecule has 0 saturated carbocycles. The second kappa shape index (κ2) is 7.57. The Morgan fingerprint density at radius 2 is 1.84 bits per heavy atom. The first-order valence-corrected chi connectivity index (χ1v) is 7.59. The highest BCUT2D eigenvalue weighted by Gasteiger charge is 2.30. The predicted octanol–water partition coefficient (Wildman–Crippen LogP) is 3.23. The largest absolute Gasteiger partial charge is 0.416 e. The molecule has 1 unspecified atom stereocenters. The van der Waals surface area contributed by atoms with Gasteiger partial charge in [0.2, 0.25) is 0 Å². The molecule has 0 aliphatic heterocycles. The molecular weight excluding hydrogens is 333 g/mol. The zero-order valence-corrected chi connectivity index (χ0v) is 13.8. The average Bonchev–Trinajstić information content (AvgIpc) is 2.58. The molecule has 1 amide bonds. The summed E-state index contributed by atoms with van der Waals surface area (Å²) in [5.41, 5.74) is 0.500. The molecule has 0 bridgehead atoms. The first-order chi connectivity index (χ1) is 11.7. The molecular formula is C18H19F3N2O2. The number of carbonyl (C=O) groups excluding carboxylic acids is 1. The van der Waals surface area contributed by atoms with E-state index in [0.29, 0.717) is 5.56 Å². The average molecular weight is 352 g/mol. The lowest BCUT2D eigenvalue weighted by molar-refractivity contribution is -0.137. The molecule has 134 valence electrons. The Morgan fingerprint density at radius 3 is 2.48 bits per heavy atom. The first-order valence-electron chi connectivity index (χ1n) is 7.59. The third-order valence-electron chi connectivity index (χ3n) is 3.68. The third-order valence-corrected chi connectivity index (χ3v) is 3.68. The zero-order valence-electron chi connectivity index (χ0n) is 13.8. The van der Waals surface area contributed by atoms with Crippen LogP contribution in [0, 0.1) is 0 Å². The summed E-state index contributed by atoms with van der Waals surface area (Å²) in [7, 11) is 3.68. The van der Waals surface area contributed by atoms with Crippen LogP contribution in [-0.2, 0) is 6.18 Å². The minimum absolute atomic E-state index is 0.0946. The van der Waals surface area contributed by atoms with Gasteiger partial charge in [-0.05, 0) is 35.9 Å². The van der Waals surface area contributed by atoms with Crippen LogP contribution < -0.4 is 10.2 Å². The van der Waals surface area contributed by atoms with Gasteiger partial charge in [0.1, 0.15) is 0 Å². The molecule has 7 heteroatoms. The standard InChI is InChI=1S/C18H19F3N2O2/c1-23(2)15-8-4-6-13(10-15)17(25)22-11-16(24)12-5-3-7-14(9-12)18(19,20)21/h3-10,16,24H,11H2,1-2H3,(H,22,25). The molecule has 0 aliphatic rings. The van der Waals surface area contributed by atoms with E-state index in [1.54, 1.807) is 18.2 Å². The van der Waals surface area contributed by atoms with Crippen molar-refractivity contribution in [3.8, 4) is 0 Å². The molecule has 25 heavy (non-hydrogen) atoms. The van der Waals surface area contributed by atoms with Crippen LogP contribution in [-0.4, -0.2) is 31.7 Å². The molecule has 0 aromatic heterocycles. The van der Waals surface area contributed by atoms with E-state index in [0.717, 1.165) is 17.8 Å². The van der Waals surface area contributed by atoms with E-state index in [1.165, 1.54) is 12.1 Å². The van der Waals surface area contributed by atoms with Gasteiger partial charge in [-0.1, -0.05) is 18.2 Å². The fourth-order valence-electron chi connectivity index (χ4n) is 2.26. The summed E-state index contributed by atoms with van der Waals surface area (Å²) in [6.07, 6.45) is -5.71. The number of carbonyl (C=O) groups is 1. The number of aliphatic hydroxyl groups excluding tert-OH is 1. The summed E-state index contributed by atoms with van der Waals surface area (Å²) in [5.74, 6) is -0.408. The fraction of sp³-hybridized carbons (Fsp3) is 0.278.